The molecule has 2 amide bonds. The van der Waals surface area contributed by atoms with Crippen LogP contribution in [0.4, 0.5) is 8.78 Å². The molecule has 0 bridgehead atoms. The number of hydrogen-bond acceptors (Lipinski definition) is 3. The van der Waals surface area contributed by atoms with Crippen LogP contribution in [0, 0.1) is 17.6 Å². The molecule has 1 aliphatic carbocycles. The van der Waals surface area contributed by atoms with Crippen molar-refractivity contribution < 1.29 is 18.4 Å². The Morgan fingerprint density at radius 3 is 2.81 bits per heavy atom. The molecule has 0 spiro atoms. The van der Waals surface area contributed by atoms with Crippen molar-refractivity contribution in [3.63, 3.8) is 0 Å². The summed E-state index contributed by atoms with van der Waals surface area (Å²) in [5.41, 5.74) is 0.211. The van der Waals surface area contributed by atoms with Crippen LogP contribution in [0.3, 0.4) is 0 Å². The Labute approximate surface area is 155 Å². The first kappa shape index (κ1) is 17.6. The molecule has 2 heterocycles. The van der Waals surface area contributed by atoms with E-state index in [9.17, 15) is 18.4 Å². The third-order valence-electron chi connectivity index (χ3n) is 5.24. The van der Waals surface area contributed by atoms with Gasteiger partial charge in [0.25, 0.3) is 0 Å². The van der Waals surface area contributed by atoms with Gasteiger partial charge >= 0.3 is 0 Å². The quantitative estimate of drug-likeness (QED) is 0.879. The van der Waals surface area contributed by atoms with Crippen LogP contribution in [-0.2, 0) is 21.7 Å². The number of halogens is 2. The minimum absolute atomic E-state index is 0.0965. The molecule has 1 aromatic carbocycles. The monoisotopic (exact) mass is 371 g/mol. The van der Waals surface area contributed by atoms with E-state index in [0.717, 1.165) is 23.8 Å². The lowest BCUT2D eigenvalue weighted by atomic mass is 10.0. The second-order valence-electron chi connectivity index (χ2n) is 7.23. The van der Waals surface area contributed by atoms with Gasteiger partial charge in [0, 0.05) is 37.5 Å². The lowest BCUT2D eigenvalue weighted by Gasteiger charge is -2.21. The van der Waals surface area contributed by atoms with Gasteiger partial charge in [-0.05, 0) is 42.7 Å². The van der Waals surface area contributed by atoms with Crippen molar-refractivity contribution >= 4 is 11.8 Å². The Kier molecular flexibility index (Phi) is 4.37. The highest BCUT2D eigenvalue weighted by atomic mass is 19.1. The Bertz CT molecular complexity index is 884. The number of pyridine rings is 1. The highest BCUT2D eigenvalue weighted by Crippen LogP contribution is 2.47. The van der Waals surface area contributed by atoms with Crippen LogP contribution >= 0.6 is 0 Å². The number of hydrogen-bond donors (Lipinski definition) is 1. The lowest BCUT2D eigenvalue weighted by Crippen LogP contribution is -2.40. The Morgan fingerprint density at radius 1 is 1.30 bits per heavy atom. The molecule has 1 aliphatic heterocycles. The summed E-state index contributed by atoms with van der Waals surface area (Å²) in [5, 5.41) is 2.86. The summed E-state index contributed by atoms with van der Waals surface area (Å²) in [6.07, 6.45) is 4.57. The number of aromatic nitrogens is 1. The van der Waals surface area contributed by atoms with Crippen molar-refractivity contribution in [1.82, 2.24) is 15.2 Å². The highest BCUT2D eigenvalue weighted by Gasteiger charge is 2.49. The van der Waals surface area contributed by atoms with Gasteiger partial charge in [0.2, 0.25) is 11.8 Å². The van der Waals surface area contributed by atoms with E-state index in [4.69, 9.17) is 0 Å². The van der Waals surface area contributed by atoms with Gasteiger partial charge in [0.05, 0.1) is 11.5 Å². The van der Waals surface area contributed by atoms with Crippen LogP contribution in [0.25, 0.3) is 0 Å². The predicted molar refractivity (Wildman–Crippen MR) is 93.2 cm³/mol. The van der Waals surface area contributed by atoms with E-state index in [-0.39, 0.29) is 23.8 Å². The van der Waals surface area contributed by atoms with E-state index >= 15 is 0 Å². The summed E-state index contributed by atoms with van der Waals surface area (Å²) >= 11 is 0. The number of carbonyl (C=O) groups excluding carboxylic acids is 2. The van der Waals surface area contributed by atoms with Gasteiger partial charge in [0.15, 0.2) is 0 Å². The number of amides is 2. The second kappa shape index (κ2) is 6.72. The van der Waals surface area contributed by atoms with E-state index in [1.807, 2.05) is 6.07 Å². The standard InChI is InChI=1S/C20H19F2N3O2/c21-15-3-4-17(22)16(9-15)20(5-6-20)24-19(27)14-8-18(26)25(12-14)11-13-2-1-7-23-10-13/h1-4,7,9-10,14H,5-6,8,11-12H2,(H,24,27). The zero-order chi connectivity index (χ0) is 19.0. The third-order valence-corrected chi connectivity index (χ3v) is 5.24. The molecule has 1 unspecified atom stereocenters. The minimum Gasteiger partial charge on any atom is -0.346 e. The smallest absolute Gasteiger partial charge is 0.226 e. The average molecular weight is 371 g/mol. The van der Waals surface area contributed by atoms with Crippen molar-refractivity contribution in [2.75, 3.05) is 6.54 Å². The second-order valence-corrected chi connectivity index (χ2v) is 7.23. The average Bonchev–Trinajstić information content (AvgIpc) is 3.34. The van der Waals surface area contributed by atoms with Crippen LogP contribution in [-0.4, -0.2) is 28.2 Å². The molecule has 1 aromatic heterocycles. The minimum atomic E-state index is -0.858. The maximum Gasteiger partial charge on any atom is 0.226 e. The number of rotatable bonds is 5. The molecule has 1 N–H and O–H groups in total. The number of nitrogens with zero attached hydrogens (tertiary/aromatic N) is 2. The summed E-state index contributed by atoms with van der Waals surface area (Å²) in [5.74, 6) is -1.96. The van der Waals surface area contributed by atoms with Crippen molar-refractivity contribution in [3.05, 3.63) is 65.5 Å². The largest absolute Gasteiger partial charge is 0.346 e. The van der Waals surface area contributed by atoms with Crippen LogP contribution in [0.2, 0.25) is 0 Å². The summed E-state index contributed by atoms with van der Waals surface area (Å²) < 4.78 is 27.6. The van der Waals surface area contributed by atoms with Crippen LogP contribution in [0.15, 0.2) is 42.7 Å². The van der Waals surface area contributed by atoms with E-state index < -0.39 is 23.1 Å². The SMILES string of the molecule is O=C(NC1(c2cc(F)ccc2F)CC1)C1CC(=O)N(Cc2cccnc2)C1. The molecule has 27 heavy (non-hydrogen) atoms. The Balaban J connectivity index is 1.43. The summed E-state index contributed by atoms with van der Waals surface area (Å²) in [7, 11) is 0. The van der Waals surface area contributed by atoms with Crippen LogP contribution in [0.1, 0.15) is 30.4 Å². The zero-order valence-corrected chi connectivity index (χ0v) is 14.6. The highest BCUT2D eigenvalue weighted by molar-refractivity contribution is 5.89. The van der Waals surface area contributed by atoms with Gasteiger partial charge < -0.3 is 10.2 Å². The van der Waals surface area contributed by atoms with Crippen molar-refractivity contribution in [1.29, 1.82) is 0 Å². The fraction of sp³-hybridized carbons (Fsp3) is 0.350. The molecule has 140 valence electrons. The first-order valence-corrected chi connectivity index (χ1v) is 8.91. The molecular formula is C20H19F2N3O2. The molecule has 1 saturated heterocycles. The molecule has 0 radical (unpaired) electrons. The molecule has 2 fully saturated rings. The first-order chi connectivity index (χ1) is 13.0. The van der Waals surface area contributed by atoms with Gasteiger partial charge in [-0.25, -0.2) is 8.78 Å². The van der Waals surface area contributed by atoms with E-state index in [0.29, 0.717) is 25.9 Å². The first-order valence-electron chi connectivity index (χ1n) is 8.91. The number of carbonyl (C=O) groups is 2. The fourth-order valence-corrected chi connectivity index (χ4v) is 3.60. The molecule has 1 atom stereocenters. The number of nitrogens with one attached hydrogen (secondary N) is 1. The normalized spacial score (nSPS) is 20.6. The molecule has 5 nitrogen and oxygen atoms in total. The third kappa shape index (κ3) is 3.54. The van der Waals surface area contributed by atoms with Gasteiger partial charge in [-0.2, -0.15) is 0 Å². The Morgan fingerprint density at radius 2 is 2.11 bits per heavy atom. The molecular weight excluding hydrogens is 352 g/mol. The van der Waals surface area contributed by atoms with Gasteiger partial charge in [-0.1, -0.05) is 6.07 Å². The van der Waals surface area contributed by atoms with Crippen LogP contribution < -0.4 is 5.32 Å². The van der Waals surface area contributed by atoms with Crippen LogP contribution in [0.5, 0.6) is 0 Å². The van der Waals surface area contributed by atoms with Gasteiger partial charge in [0.1, 0.15) is 11.6 Å². The summed E-state index contributed by atoms with van der Waals surface area (Å²) in [4.78, 5) is 30.6. The molecule has 4 rings (SSSR count). The number of likely N-dealkylation sites (tertiary alicyclic amines) is 1. The molecule has 2 aromatic rings. The summed E-state index contributed by atoms with van der Waals surface area (Å²) in [6, 6.07) is 6.94. The van der Waals surface area contributed by atoms with E-state index in [1.54, 1.807) is 23.4 Å². The van der Waals surface area contributed by atoms with Crippen molar-refractivity contribution in [2.45, 2.75) is 31.3 Å². The van der Waals surface area contributed by atoms with Crippen molar-refractivity contribution in [2.24, 2.45) is 5.92 Å². The van der Waals surface area contributed by atoms with E-state index in [2.05, 4.69) is 10.3 Å². The van der Waals surface area contributed by atoms with Gasteiger partial charge in [-0.15, -0.1) is 0 Å². The molecule has 2 aliphatic rings. The predicted octanol–water partition coefficient (Wildman–Crippen LogP) is 2.51. The summed E-state index contributed by atoms with van der Waals surface area (Å²) in [6.45, 7) is 0.710. The maximum atomic E-state index is 14.1. The van der Waals surface area contributed by atoms with Crippen molar-refractivity contribution in [3.8, 4) is 0 Å². The Hall–Kier alpha value is -2.83. The molecule has 7 heteroatoms. The molecule has 1 saturated carbocycles. The maximum absolute atomic E-state index is 14.1. The lowest BCUT2D eigenvalue weighted by molar-refractivity contribution is -0.129. The zero-order valence-electron chi connectivity index (χ0n) is 14.6. The topological polar surface area (TPSA) is 62.3 Å². The van der Waals surface area contributed by atoms with E-state index in [1.165, 1.54) is 0 Å². The number of benzene rings is 1. The van der Waals surface area contributed by atoms with Gasteiger partial charge in [-0.3, -0.25) is 14.6 Å². The fourth-order valence-electron chi connectivity index (χ4n) is 3.60.